The van der Waals surface area contributed by atoms with Crippen LogP contribution in [0.5, 0.6) is 0 Å². The van der Waals surface area contributed by atoms with E-state index in [2.05, 4.69) is 10.3 Å². The molecular weight excluding hydrogens is 402 g/mol. The summed E-state index contributed by atoms with van der Waals surface area (Å²) in [6, 6.07) is 11.3. The number of nitrogens with one attached hydrogen (secondary N) is 1. The molecule has 8 heteroatoms. The van der Waals surface area contributed by atoms with Gasteiger partial charge >= 0.3 is 0 Å². The fourth-order valence-electron chi connectivity index (χ4n) is 2.44. The van der Waals surface area contributed by atoms with Crippen LogP contribution < -0.4 is 5.32 Å². The Hall–Kier alpha value is -2.09. The van der Waals surface area contributed by atoms with E-state index in [1.807, 2.05) is 47.2 Å². The van der Waals surface area contributed by atoms with Gasteiger partial charge in [-0.25, -0.2) is 4.98 Å². The summed E-state index contributed by atoms with van der Waals surface area (Å²) in [5.41, 5.74) is 0.909. The monoisotopic (exact) mass is 419 g/mol. The van der Waals surface area contributed by atoms with Gasteiger partial charge in [-0.2, -0.15) is 0 Å². The van der Waals surface area contributed by atoms with Gasteiger partial charge in [0.05, 0.1) is 10.6 Å². The van der Waals surface area contributed by atoms with Crippen LogP contribution in [0, 0.1) is 0 Å². The van der Waals surface area contributed by atoms with E-state index < -0.39 is 0 Å². The number of thiophene rings is 1. The van der Waals surface area contributed by atoms with E-state index in [0.29, 0.717) is 17.3 Å². The SMILES string of the molecule is CC(=O)NCCc1ccc(C(=O)CSc2nccn2-c2cccc(Cl)c2)s1. The number of thioether (sulfide) groups is 1. The molecule has 0 aliphatic heterocycles. The molecule has 0 bridgehead atoms. The van der Waals surface area contributed by atoms with Crippen molar-refractivity contribution in [2.24, 2.45) is 0 Å². The highest BCUT2D eigenvalue weighted by molar-refractivity contribution is 7.99. The van der Waals surface area contributed by atoms with Crippen LogP contribution in [0.2, 0.25) is 5.02 Å². The van der Waals surface area contributed by atoms with Crippen LogP contribution in [-0.2, 0) is 11.2 Å². The van der Waals surface area contributed by atoms with Crippen LogP contribution >= 0.6 is 34.7 Å². The first-order valence-electron chi connectivity index (χ1n) is 8.31. The second kappa shape index (κ2) is 9.21. The zero-order valence-electron chi connectivity index (χ0n) is 14.6. The Bertz CT molecular complexity index is 952. The molecule has 1 amide bonds. The molecule has 0 fully saturated rings. The minimum atomic E-state index is -0.0468. The van der Waals surface area contributed by atoms with Crippen LogP contribution in [0.15, 0.2) is 53.9 Å². The molecule has 3 aromatic rings. The van der Waals surface area contributed by atoms with Crippen molar-refractivity contribution in [1.82, 2.24) is 14.9 Å². The Balaban J connectivity index is 1.60. The van der Waals surface area contributed by atoms with Gasteiger partial charge in [-0.05, 0) is 36.8 Å². The van der Waals surface area contributed by atoms with Crippen molar-refractivity contribution in [2.75, 3.05) is 12.3 Å². The van der Waals surface area contributed by atoms with Crippen LogP contribution in [0.3, 0.4) is 0 Å². The van der Waals surface area contributed by atoms with Crippen molar-refractivity contribution in [3.8, 4) is 5.69 Å². The first kappa shape index (κ1) is 19.7. The number of halogens is 1. The van der Waals surface area contributed by atoms with E-state index in [4.69, 9.17) is 11.6 Å². The molecule has 0 saturated carbocycles. The topological polar surface area (TPSA) is 64.0 Å². The molecule has 0 radical (unpaired) electrons. The largest absolute Gasteiger partial charge is 0.356 e. The van der Waals surface area contributed by atoms with Gasteiger partial charge in [-0.3, -0.25) is 14.2 Å². The van der Waals surface area contributed by atoms with Gasteiger partial charge in [0.15, 0.2) is 10.9 Å². The first-order valence-corrected chi connectivity index (χ1v) is 10.5. The number of benzene rings is 1. The van der Waals surface area contributed by atoms with Gasteiger partial charge in [0, 0.05) is 41.4 Å². The average Bonchev–Trinajstić information content (AvgIpc) is 3.29. The van der Waals surface area contributed by atoms with Crippen molar-refractivity contribution < 1.29 is 9.59 Å². The number of Topliss-reactive ketones (excluding diaryl/α,β-unsaturated/α-hetero) is 1. The predicted octanol–water partition coefficient (Wildman–Crippen LogP) is 4.24. The lowest BCUT2D eigenvalue weighted by Crippen LogP contribution is -2.22. The Kier molecular flexibility index (Phi) is 6.71. The van der Waals surface area contributed by atoms with Crippen molar-refractivity contribution in [2.45, 2.75) is 18.5 Å². The second-order valence-electron chi connectivity index (χ2n) is 5.77. The standard InChI is InChI=1S/C19H18ClN3O2S2/c1-13(24)21-8-7-16-5-6-18(27-16)17(25)12-26-19-22-9-10-23(19)15-4-2-3-14(20)11-15/h2-6,9-11H,7-8,12H2,1H3,(H,21,24). The van der Waals surface area contributed by atoms with E-state index in [0.717, 1.165) is 27.0 Å². The van der Waals surface area contributed by atoms with E-state index in [9.17, 15) is 9.59 Å². The Morgan fingerprint density at radius 3 is 2.93 bits per heavy atom. The number of imidazole rings is 1. The maximum Gasteiger partial charge on any atom is 0.216 e. The van der Waals surface area contributed by atoms with E-state index in [1.165, 1.54) is 30.0 Å². The normalized spacial score (nSPS) is 10.7. The van der Waals surface area contributed by atoms with Crippen LogP contribution in [0.1, 0.15) is 21.5 Å². The fraction of sp³-hybridized carbons (Fsp3) is 0.211. The van der Waals surface area contributed by atoms with E-state index >= 15 is 0 Å². The Morgan fingerprint density at radius 1 is 1.30 bits per heavy atom. The van der Waals surface area contributed by atoms with Gasteiger partial charge < -0.3 is 5.32 Å². The maximum absolute atomic E-state index is 12.5. The average molecular weight is 420 g/mol. The summed E-state index contributed by atoms with van der Waals surface area (Å²) in [4.78, 5) is 29.6. The van der Waals surface area contributed by atoms with Crippen LogP contribution in [-0.4, -0.2) is 33.5 Å². The Morgan fingerprint density at radius 2 is 2.15 bits per heavy atom. The van der Waals surface area contributed by atoms with Gasteiger partial charge in [-0.1, -0.05) is 29.4 Å². The summed E-state index contributed by atoms with van der Waals surface area (Å²) in [6.45, 7) is 2.07. The Labute approximate surface area is 170 Å². The number of carbonyl (C=O) groups excluding carboxylic acids is 2. The quantitative estimate of drug-likeness (QED) is 0.438. The predicted molar refractivity (Wildman–Crippen MR) is 110 cm³/mol. The lowest BCUT2D eigenvalue weighted by molar-refractivity contribution is -0.118. The second-order valence-corrected chi connectivity index (χ2v) is 8.32. The fourth-order valence-corrected chi connectivity index (χ4v) is 4.52. The lowest BCUT2D eigenvalue weighted by atomic mass is 10.3. The molecule has 27 heavy (non-hydrogen) atoms. The molecule has 5 nitrogen and oxygen atoms in total. The molecule has 0 atom stereocenters. The highest BCUT2D eigenvalue weighted by atomic mass is 35.5. The number of amides is 1. The third kappa shape index (κ3) is 5.45. The summed E-state index contributed by atoms with van der Waals surface area (Å²) in [5, 5.41) is 4.16. The summed E-state index contributed by atoms with van der Waals surface area (Å²) >= 11 is 8.93. The van der Waals surface area contributed by atoms with Gasteiger partial charge in [0.2, 0.25) is 5.91 Å². The molecule has 140 valence electrons. The molecule has 0 saturated heterocycles. The molecule has 0 unspecified atom stereocenters. The first-order chi connectivity index (χ1) is 13.0. The molecule has 2 heterocycles. The number of hydrogen-bond donors (Lipinski definition) is 1. The van der Waals surface area contributed by atoms with Crippen LogP contribution in [0.25, 0.3) is 5.69 Å². The molecule has 1 N–H and O–H groups in total. The molecular formula is C19H18ClN3O2S2. The highest BCUT2D eigenvalue weighted by Crippen LogP contribution is 2.25. The number of aromatic nitrogens is 2. The summed E-state index contributed by atoms with van der Waals surface area (Å²) in [5.74, 6) is 0.328. The van der Waals surface area contributed by atoms with Crippen LogP contribution in [0.4, 0.5) is 0 Å². The van der Waals surface area contributed by atoms with E-state index in [1.54, 1.807) is 6.20 Å². The van der Waals surface area contributed by atoms with Crippen molar-refractivity contribution in [3.63, 3.8) is 0 Å². The summed E-state index contributed by atoms with van der Waals surface area (Å²) in [7, 11) is 0. The van der Waals surface area contributed by atoms with E-state index in [-0.39, 0.29) is 11.7 Å². The molecule has 0 spiro atoms. The zero-order valence-corrected chi connectivity index (χ0v) is 17.0. The third-order valence-electron chi connectivity index (χ3n) is 3.71. The third-order valence-corrected chi connectivity index (χ3v) is 6.10. The molecule has 0 aliphatic rings. The molecule has 3 rings (SSSR count). The minimum absolute atomic E-state index is 0.0468. The van der Waals surface area contributed by atoms with Gasteiger partial charge in [-0.15, -0.1) is 11.3 Å². The van der Waals surface area contributed by atoms with Crippen molar-refractivity contribution in [1.29, 1.82) is 0 Å². The van der Waals surface area contributed by atoms with Gasteiger partial charge in [0.1, 0.15) is 0 Å². The molecule has 1 aromatic carbocycles. The smallest absolute Gasteiger partial charge is 0.216 e. The van der Waals surface area contributed by atoms with Crippen molar-refractivity contribution >= 4 is 46.4 Å². The number of nitrogens with zero attached hydrogens (tertiary/aromatic N) is 2. The number of carbonyl (C=O) groups is 2. The number of hydrogen-bond acceptors (Lipinski definition) is 5. The van der Waals surface area contributed by atoms with Gasteiger partial charge in [0.25, 0.3) is 0 Å². The molecule has 0 aliphatic carbocycles. The molecule has 2 aromatic heterocycles. The minimum Gasteiger partial charge on any atom is -0.356 e. The zero-order chi connectivity index (χ0) is 19.2. The maximum atomic E-state index is 12.5. The lowest BCUT2D eigenvalue weighted by Gasteiger charge is -2.07. The summed E-state index contributed by atoms with van der Waals surface area (Å²) < 4.78 is 1.91. The number of rotatable bonds is 8. The number of ketones is 1. The highest BCUT2D eigenvalue weighted by Gasteiger charge is 2.13. The van der Waals surface area contributed by atoms with Crippen molar-refractivity contribution in [3.05, 3.63) is 63.6 Å². The summed E-state index contributed by atoms with van der Waals surface area (Å²) in [6.07, 6.45) is 4.28.